The van der Waals surface area contributed by atoms with Gasteiger partial charge in [-0.2, -0.15) is 0 Å². The monoisotopic (exact) mass is 527 g/mol. The van der Waals surface area contributed by atoms with Crippen molar-refractivity contribution in [2.45, 2.75) is 45.4 Å². The van der Waals surface area contributed by atoms with E-state index in [9.17, 15) is 0 Å². The molecule has 0 aromatic carbocycles. The summed E-state index contributed by atoms with van der Waals surface area (Å²) in [6.45, 7) is 10.1. The molecule has 0 radical (unpaired) electrons. The van der Waals surface area contributed by atoms with Crippen LogP contribution in [0.2, 0.25) is 0 Å². The Labute approximate surface area is 198 Å². The van der Waals surface area contributed by atoms with Crippen LogP contribution in [0.15, 0.2) is 35.1 Å². The van der Waals surface area contributed by atoms with E-state index < -0.39 is 0 Å². The molecule has 1 aromatic heterocycles. The lowest BCUT2D eigenvalue weighted by Gasteiger charge is -2.34. The summed E-state index contributed by atoms with van der Waals surface area (Å²) in [5.41, 5.74) is 1.61. The van der Waals surface area contributed by atoms with Crippen molar-refractivity contribution in [2.75, 3.05) is 57.3 Å². The SMILES string of the molecule is CCNC(=NCCCN1CCN(c2ncccn2)CC1)NCCC1=CCCCC1.I. The highest BCUT2D eigenvalue weighted by molar-refractivity contribution is 14.0. The van der Waals surface area contributed by atoms with Gasteiger partial charge in [0.25, 0.3) is 0 Å². The molecule has 1 aromatic rings. The fourth-order valence-corrected chi connectivity index (χ4v) is 3.93. The first-order valence-electron chi connectivity index (χ1n) is 11.3. The predicted molar refractivity (Wildman–Crippen MR) is 136 cm³/mol. The molecule has 8 heteroatoms. The molecule has 1 saturated heterocycles. The summed E-state index contributed by atoms with van der Waals surface area (Å²) in [5.74, 6) is 1.80. The topological polar surface area (TPSA) is 68.7 Å². The minimum Gasteiger partial charge on any atom is -0.357 e. The number of aromatic nitrogens is 2. The van der Waals surface area contributed by atoms with E-state index in [2.05, 4.69) is 43.4 Å². The molecule has 0 unspecified atom stereocenters. The molecule has 3 rings (SSSR count). The van der Waals surface area contributed by atoms with E-state index in [4.69, 9.17) is 4.99 Å². The summed E-state index contributed by atoms with van der Waals surface area (Å²) in [6.07, 6.45) is 13.5. The number of halogens is 1. The van der Waals surface area contributed by atoms with Gasteiger partial charge in [-0.1, -0.05) is 11.6 Å². The van der Waals surface area contributed by atoms with Gasteiger partial charge in [0.1, 0.15) is 0 Å². The van der Waals surface area contributed by atoms with Crippen molar-refractivity contribution < 1.29 is 0 Å². The van der Waals surface area contributed by atoms with Crippen LogP contribution in [0, 0.1) is 0 Å². The van der Waals surface area contributed by atoms with Gasteiger partial charge in [0.05, 0.1) is 0 Å². The molecule has 2 heterocycles. The van der Waals surface area contributed by atoms with Gasteiger partial charge in [-0.3, -0.25) is 9.89 Å². The Balaban J connectivity index is 0.00000320. The number of anilines is 1. The number of hydrogen-bond donors (Lipinski definition) is 2. The zero-order valence-corrected chi connectivity index (χ0v) is 20.7. The number of nitrogens with zero attached hydrogens (tertiary/aromatic N) is 5. The van der Waals surface area contributed by atoms with Crippen molar-refractivity contribution in [2.24, 2.45) is 4.99 Å². The van der Waals surface area contributed by atoms with Crippen molar-refractivity contribution in [1.82, 2.24) is 25.5 Å². The molecule has 0 saturated carbocycles. The van der Waals surface area contributed by atoms with E-state index in [0.29, 0.717) is 0 Å². The first-order chi connectivity index (χ1) is 14.3. The van der Waals surface area contributed by atoms with E-state index in [0.717, 1.165) is 77.1 Å². The molecule has 2 N–H and O–H groups in total. The average Bonchev–Trinajstić information content (AvgIpc) is 2.78. The quantitative estimate of drug-likeness (QED) is 0.169. The summed E-state index contributed by atoms with van der Waals surface area (Å²) in [7, 11) is 0. The van der Waals surface area contributed by atoms with E-state index in [1.807, 2.05) is 18.5 Å². The Bertz CT molecular complexity index is 642. The summed E-state index contributed by atoms with van der Waals surface area (Å²) in [5, 5.41) is 6.86. The zero-order valence-electron chi connectivity index (χ0n) is 18.4. The molecule has 7 nitrogen and oxygen atoms in total. The van der Waals surface area contributed by atoms with Gasteiger partial charge >= 0.3 is 0 Å². The summed E-state index contributed by atoms with van der Waals surface area (Å²) >= 11 is 0. The molecule has 2 aliphatic rings. The third-order valence-corrected chi connectivity index (χ3v) is 5.58. The Morgan fingerprint density at radius 1 is 1.10 bits per heavy atom. The second-order valence-electron chi connectivity index (χ2n) is 7.78. The van der Waals surface area contributed by atoms with Gasteiger partial charge in [0.2, 0.25) is 5.95 Å². The maximum absolute atomic E-state index is 4.76. The third-order valence-electron chi connectivity index (χ3n) is 5.58. The smallest absolute Gasteiger partial charge is 0.225 e. The van der Waals surface area contributed by atoms with Crippen molar-refractivity contribution in [1.29, 1.82) is 0 Å². The Morgan fingerprint density at radius 2 is 1.90 bits per heavy atom. The van der Waals surface area contributed by atoms with Gasteiger partial charge in [-0.15, -0.1) is 24.0 Å². The van der Waals surface area contributed by atoms with Gasteiger partial charge in [0.15, 0.2) is 5.96 Å². The van der Waals surface area contributed by atoms with E-state index in [1.54, 1.807) is 5.57 Å². The van der Waals surface area contributed by atoms with Crippen LogP contribution in [0.4, 0.5) is 5.95 Å². The summed E-state index contributed by atoms with van der Waals surface area (Å²) in [6, 6.07) is 1.87. The van der Waals surface area contributed by atoms with Crippen LogP contribution in [0.5, 0.6) is 0 Å². The number of allylic oxidation sites excluding steroid dienone is 1. The van der Waals surface area contributed by atoms with Crippen LogP contribution in [0.3, 0.4) is 0 Å². The molecule has 168 valence electrons. The highest BCUT2D eigenvalue weighted by atomic mass is 127. The molecule has 1 aliphatic heterocycles. The molecule has 0 bridgehead atoms. The minimum absolute atomic E-state index is 0. The number of rotatable bonds is 9. The van der Waals surface area contributed by atoms with Crippen LogP contribution >= 0.6 is 24.0 Å². The van der Waals surface area contributed by atoms with Crippen LogP contribution < -0.4 is 15.5 Å². The second kappa shape index (κ2) is 14.6. The lowest BCUT2D eigenvalue weighted by molar-refractivity contribution is 0.255. The highest BCUT2D eigenvalue weighted by Gasteiger charge is 2.18. The van der Waals surface area contributed by atoms with Crippen molar-refractivity contribution in [3.63, 3.8) is 0 Å². The van der Waals surface area contributed by atoms with E-state index in [1.165, 1.54) is 25.7 Å². The fourth-order valence-electron chi connectivity index (χ4n) is 3.93. The van der Waals surface area contributed by atoms with Crippen molar-refractivity contribution >= 4 is 35.9 Å². The standard InChI is InChI=1S/C22H37N7.HI/c1-2-23-21(25-14-10-20-8-4-3-5-9-20)24-13-7-15-28-16-18-29(19-17-28)22-26-11-6-12-27-22;/h6,8,11-12H,2-5,7,9-10,13-19H2,1H3,(H2,23,24,25);1H. The minimum atomic E-state index is 0. The number of hydrogen-bond acceptors (Lipinski definition) is 5. The van der Waals surface area contributed by atoms with Gasteiger partial charge in [0, 0.05) is 64.8 Å². The summed E-state index contributed by atoms with van der Waals surface area (Å²) < 4.78 is 0. The van der Waals surface area contributed by atoms with Crippen molar-refractivity contribution in [3.05, 3.63) is 30.1 Å². The Kier molecular flexibility index (Phi) is 12.1. The van der Waals surface area contributed by atoms with Crippen molar-refractivity contribution in [3.8, 4) is 0 Å². The molecule has 0 spiro atoms. The van der Waals surface area contributed by atoms with E-state index in [-0.39, 0.29) is 24.0 Å². The molecular formula is C22H38IN7. The molecule has 1 aliphatic carbocycles. The van der Waals surface area contributed by atoms with Crippen LogP contribution in [0.1, 0.15) is 45.4 Å². The Morgan fingerprint density at radius 3 is 2.60 bits per heavy atom. The van der Waals surface area contributed by atoms with Gasteiger partial charge < -0.3 is 15.5 Å². The average molecular weight is 527 g/mol. The lowest BCUT2D eigenvalue weighted by Crippen LogP contribution is -2.47. The normalized spacial score (nSPS) is 17.8. The van der Waals surface area contributed by atoms with Gasteiger partial charge in [-0.05, 0) is 51.5 Å². The van der Waals surface area contributed by atoms with Gasteiger partial charge in [-0.25, -0.2) is 9.97 Å². The number of guanidine groups is 1. The van der Waals surface area contributed by atoms with E-state index >= 15 is 0 Å². The second-order valence-corrected chi connectivity index (χ2v) is 7.78. The maximum atomic E-state index is 4.76. The molecule has 0 amide bonds. The number of nitrogens with one attached hydrogen (secondary N) is 2. The largest absolute Gasteiger partial charge is 0.357 e. The summed E-state index contributed by atoms with van der Waals surface area (Å²) in [4.78, 5) is 18.3. The predicted octanol–water partition coefficient (Wildman–Crippen LogP) is 3.05. The number of piperazine rings is 1. The Hall–Kier alpha value is -1.42. The highest BCUT2D eigenvalue weighted by Crippen LogP contribution is 2.19. The third kappa shape index (κ3) is 8.75. The molecule has 30 heavy (non-hydrogen) atoms. The first-order valence-corrected chi connectivity index (χ1v) is 11.3. The number of aliphatic imine (C=N–C) groups is 1. The molecule has 0 atom stereocenters. The fraction of sp³-hybridized carbons (Fsp3) is 0.682. The van der Waals surface area contributed by atoms with Crippen LogP contribution in [-0.2, 0) is 0 Å². The molecular weight excluding hydrogens is 489 g/mol. The zero-order chi connectivity index (χ0) is 20.2. The maximum Gasteiger partial charge on any atom is 0.225 e. The van der Waals surface area contributed by atoms with Crippen LogP contribution in [0.25, 0.3) is 0 Å². The molecule has 1 fully saturated rings. The lowest BCUT2D eigenvalue weighted by atomic mass is 9.97. The van der Waals surface area contributed by atoms with Crippen LogP contribution in [-0.4, -0.2) is 73.2 Å². The first kappa shape index (κ1) is 24.8.